The SMILES string of the molecule is CC(C)C1CC2CCCC(C2)C1.CC(C)C1CCCCCCC1.CC(C)C1CCCCCCCC1.CC(C)C1CCCCCCCCC1.CC(C)CCC1CCC2CC1C2(C)C.CC1CC2CC(C1)CC(C(C)C)C2.CCC1CC2CC(C1)CC(C(C)C)C2. The molecule has 89 heavy (non-hydrogen) atoms. The minimum absolute atomic E-state index is 0.694. The van der Waals surface area contributed by atoms with Crippen molar-refractivity contribution in [1.29, 1.82) is 0 Å². The minimum atomic E-state index is 0.694. The van der Waals surface area contributed by atoms with Crippen LogP contribution in [0.4, 0.5) is 0 Å². The van der Waals surface area contributed by atoms with E-state index in [1.807, 2.05) is 0 Å². The van der Waals surface area contributed by atoms with Crippen LogP contribution in [-0.2, 0) is 0 Å². The number of fused-ring (bicyclic) bond motifs is 8. The Morgan fingerprint density at radius 3 is 0.888 bits per heavy atom. The summed E-state index contributed by atoms with van der Waals surface area (Å²) in [6.07, 6.45) is 69.5. The summed E-state index contributed by atoms with van der Waals surface area (Å²) in [5, 5.41) is 0. The van der Waals surface area contributed by atoms with Crippen molar-refractivity contribution in [3.63, 3.8) is 0 Å². The van der Waals surface area contributed by atoms with Crippen molar-refractivity contribution in [1.82, 2.24) is 0 Å². The molecule has 0 aromatic rings. The van der Waals surface area contributed by atoms with Crippen LogP contribution in [-0.4, -0.2) is 0 Å². The lowest BCUT2D eigenvalue weighted by atomic mass is 9.45. The van der Waals surface area contributed by atoms with E-state index in [2.05, 4.69) is 125 Å². The van der Waals surface area contributed by atoms with E-state index in [-0.39, 0.29) is 0 Å². The van der Waals surface area contributed by atoms with Gasteiger partial charge in [0, 0.05) is 0 Å². The Hall–Kier alpha value is 0. The van der Waals surface area contributed by atoms with E-state index in [4.69, 9.17) is 0 Å². The Kier molecular flexibility index (Phi) is 38.8. The lowest BCUT2D eigenvalue weighted by molar-refractivity contribution is -0.107. The van der Waals surface area contributed by atoms with E-state index < -0.39 is 0 Å². The van der Waals surface area contributed by atoms with Crippen molar-refractivity contribution in [2.24, 2.45) is 147 Å². The second-order valence-electron chi connectivity index (χ2n) is 38.4. The molecule has 0 radical (unpaired) electrons. The molecule has 12 rings (SSSR count). The molecule has 0 saturated heterocycles. The first-order chi connectivity index (χ1) is 42.5. The molecular weight excluding hydrogens is 1070 g/mol. The first-order valence-corrected chi connectivity index (χ1v) is 42.5. The van der Waals surface area contributed by atoms with Gasteiger partial charge >= 0.3 is 0 Å². The van der Waals surface area contributed by atoms with Gasteiger partial charge in [-0.15, -0.1) is 0 Å². The van der Waals surface area contributed by atoms with Crippen LogP contribution in [0.25, 0.3) is 0 Å². The van der Waals surface area contributed by atoms with Gasteiger partial charge in [-0.05, 0) is 257 Å². The Morgan fingerprint density at radius 1 is 0.292 bits per heavy atom. The molecule has 0 heteroatoms. The summed E-state index contributed by atoms with van der Waals surface area (Å²) in [5.41, 5.74) is 0.694. The Bertz CT molecular complexity index is 1630. The third-order valence-corrected chi connectivity index (χ3v) is 28.4. The highest BCUT2D eigenvalue weighted by Gasteiger charge is 2.53. The van der Waals surface area contributed by atoms with Crippen molar-refractivity contribution in [3.05, 3.63) is 0 Å². The Labute approximate surface area is 564 Å². The fourth-order valence-electron chi connectivity index (χ4n) is 21.9. The Morgan fingerprint density at radius 2 is 0.596 bits per heavy atom. The first kappa shape index (κ1) is 79.7. The molecule has 0 aromatic heterocycles. The van der Waals surface area contributed by atoms with Gasteiger partial charge < -0.3 is 0 Å². The van der Waals surface area contributed by atoms with Gasteiger partial charge in [-0.3, -0.25) is 0 Å². The number of hydrogen-bond donors (Lipinski definition) is 0. The molecule has 9 unspecified atom stereocenters. The molecule has 12 fully saturated rings. The summed E-state index contributed by atoms with van der Waals surface area (Å²) in [6, 6.07) is 0. The third kappa shape index (κ3) is 30.1. The number of rotatable bonds is 10. The predicted molar refractivity (Wildman–Crippen MR) is 401 cm³/mol. The van der Waals surface area contributed by atoms with Gasteiger partial charge in [0.25, 0.3) is 0 Å². The van der Waals surface area contributed by atoms with Gasteiger partial charge in [0.15, 0.2) is 0 Å². The normalized spacial score (nSPS) is 34.6. The fraction of sp³-hybridized carbons (Fsp3) is 1.00. The lowest BCUT2D eigenvalue weighted by Crippen LogP contribution is -2.52. The summed E-state index contributed by atoms with van der Waals surface area (Å²) in [5.74, 6) is 24.6. The highest BCUT2D eigenvalue weighted by Crippen LogP contribution is 2.62. The lowest BCUT2D eigenvalue weighted by Gasteiger charge is -2.60. The zero-order valence-corrected chi connectivity index (χ0v) is 64.9. The summed E-state index contributed by atoms with van der Waals surface area (Å²) in [6.45, 7) is 43.4. The quantitative estimate of drug-likeness (QED) is 0.205. The summed E-state index contributed by atoms with van der Waals surface area (Å²) >= 11 is 0. The average molecular weight is 1240 g/mol. The molecular formula is C89H170. The standard InChI is InChI=1S/2C14H26.C13H24.C13H26.C12H22.C12H24.C11H22/c1-10(2)5-6-11-7-8-12-9-13(11)14(12,3)4;1-4-11-5-12-7-13(6-11)9-14(8-12)10(2)3;1-9(2)13-7-11-4-10(3)5-12(6-11)8-13;1-12(2)13-10-8-6-4-3-5-7-9-11-13;1-9(2)12-7-10-4-3-5-11(6-10)8-12;1-11(2)12-9-7-5-3-4-6-8-10-12;1-10(2)11-8-6-4-3-5-7-9-11/h10-13H,5-9H2,1-4H3;10-14H,4-9H2,1-3H3;9-13H,4-8H2,1-3H3;12-13H,3-11H2,1-2H3;9-12H,3-8H2,1-2H3;11-12H,3-10H2,1-2H3;10-11H,3-9H2,1-2H3. The van der Waals surface area contributed by atoms with Crippen LogP contribution in [0.15, 0.2) is 0 Å². The van der Waals surface area contributed by atoms with E-state index >= 15 is 0 Å². The maximum absolute atomic E-state index is 2.51. The zero-order valence-electron chi connectivity index (χ0n) is 64.9. The van der Waals surface area contributed by atoms with Crippen molar-refractivity contribution >= 4 is 0 Å². The fourth-order valence-corrected chi connectivity index (χ4v) is 21.9. The van der Waals surface area contributed by atoms with Gasteiger partial charge in [-0.25, -0.2) is 0 Å². The molecule has 8 bridgehead atoms. The van der Waals surface area contributed by atoms with Crippen LogP contribution in [0.2, 0.25) is 0 Å². The largest absolute Gasteiger partial charge is 0.0651 e. The maximum atomic E-state index is 2.51. The predicted octanol–water partition coefficient (Wildman–Crippen LogP) is 30.1. The van der Waals surface area contributed by atoms with Crippen molar-refractivity contribution in [2.75, 3.05) is 0 Å². The van der Waals surface area contributed by atoms with Gasteiger partial charge in [0.2, 0.25) is 0 Å². The minimum Gasteiger partial charge on any atom is -0.0651 e. The van der Waals surface area contributed by atoms with Gasteiger partial charge in [-0.1, -0.05) is 311 Å². The molecule has 0 N–H and O–H groups in total. The topological polar surface area (TPSA) is 0 Å². The van der Waals surface area contributed by atoms with E-state index in [9.17, 15) is 0 Å². The van der Waals surface area contributed by atoms with Crippen LogP contribution in [0.3, 0.4) is 0 Å². The molecule has 12 aliphatic rings. The van der Waals surface area contributed by atoms with E-state index in [0.29, 0.717) is 5.41 Å². The number of hydrogen-bond acceptors (Lipinski definition) is 0. The summed E-state index contributed by atoms with van der Waals surface area (Å²) in [4.78, 5) is 0. The van der Waals surface area contributed by atoms with Gasteiger partial charge in [0.1, 0.15) is 0 Å². The zero-order chi connectivity index (χ0) is 64.9. The molecule has 9 atom stereocenters. The average Bonchev–Trinajstić information content (AvgIpc) is 2.10. The van der Waals surface area contributed by atoms with Crippen LogP contribution in [0.1, 0.15) is 420 Å². The smallest absolute Gasteiger partial charge is 0.0295 e. The van der Waals surface area contributed by atoms with Crippen LogP contribution < -0.4 is 0 Å². The molecule has 0 aliphatic heterocycles. The maximum Gasteiger partial charge on any atom is -0.0295 e. The van der Waals surface area contributed by atoms with E-state index in [1.165, 1.54) is 205 Å². The monoisotopic (exact) mass is 1240 g/mol. The highest BCUT2D eigenvalue weighted by atomic mass is 14.6. The van der Waals surface area contributed by atoms with Crippen molar-refractivity contribution < 1.29 is 0 Å². The van der Waals surface area contributed by atoms with Crippen LogP contribution >= 0.6 is 0 Å². The molecule has 0 spiro atoms. The Balaban J connectivity index is 0.000000189. The van der Waals surface area contributed by atoms with E-state index in [0.717, 1.165) is 142 Å². The molecule has 0 heterocycles. The molecule has 0 aromatic carbocycles. The summed E-state index contributed by atoms with van der Waals surface area (Å²) in [7, 11) is 0. The van der Waals surface area contributed by atoms with Crippen molar-refractivity contribution in [2.45, 2.75) is 420 Å². The molecule has 12 saturated carbocycles. The van der Waals surface area contributed by atoms with E-state index in [1.54, 1.807) is 89.9 Å². The van der Waals surface area contributed by atoms with Gasteiger partial charge in [0.05, 0.1) is 0 Å². The molecule has 0 nitrogen and oxygen atoms in total. The second kappa shape index (κ2) is 43.3. The molecule has 0 amide bonds. The summed E-state index contributed by atoms with van der Waals surface area (Å²) < 4.78 is 0. The highest BCUT2D eigenvalue weighted by molar-refractivity contribution is 5.03. The first-order valence-electron chi connectivity index (χ1n) is 42.5. The van der Waals surface area contributed by atoms with Crippen LogP contribution in [0.5, 0.6) is 0 Å². The van der Waals surface area contributed by atoms with Crippen molar-refractivity contribution in [3.8, 4) is 0 Å². The second-order valence-corrected chi connectivity index (χ2v) is 38.4. The molecule has 526 valence electrons. The third-order valence-electron chi connectivity index (χ3n) is 28.4. The van der Waals surface area contributed by atoms with Crippen LogP contribution in [0, 0.1) is 147 Å². The molecule has 12 aliphatic carbocycles. The van der Waals surface area contributed by atoms with Gasteiger partial charge in [-0.2, -0.15) is 0 Å².